The summed E-state index contributed by atoms with van der Waals surface area (Å²) in [6, 6.07) is 6.23. The fraction of sp³-hybridized carbons (Fsp3) is 0.190. The molecule has 3 amide bonds. The number of carbonyl (C=O) groups is 3. The molecular weight excluding hydrogens is 495 g/mol. The van der Waals surface area contributed by atoms with Gasteiger partial charge >= 0.3 is 6.18 Å². The number of alkyl halides is 3. The molecule has 3 heterocycles. The van der Waals surface area contributed by atoms with Crippen molar-refractivity contribution in [3.63, 3.8) is 0 Å². The number of hydrogen-bond donors (Lipinski definition) is 3. The SMILES string of the molecule is O=C1CCc2c(ncnc2C(=O)NCc2ccc(C(=O)Nc3ccc(Cl)c(C(F)(F)F)c3)s2)N1. The molecule has 1 aliphatic rings. The summed E-state index contributed by atoms with van der Waals surface area (Å²) in [6.07, 6.45) is -2.90. The van der Waals surface area contributed by atoms with Crippen LogP contribution in [-0.2, 0) is 23.9 Å². The van der Waals surface area contributed by atoms with Crippen LogP contribution in [0.1, 0.15) is 42.6 Å². The molecule has 176 valence electrons. The first-order valence-corrected chi connectivity index (χ1v) is 11.0. The van der Waals surface area contributed by atoms with Gasteiger partial charge in [0.15, 0.2) is 0 Å². The summed E-state index contributed by atoms with van der Waals surface area (Å²) >= 11 is 6.67. The van der Waals surface area contributed by atoms with E-state index in [0.29, 0.717) is 22.7 Å². The molecule has 2 aromatic heterocycles. The number of carbonyl (C=O) groups excluding carboxylic acids is 3. The molecule has 34 heavy (non-hydrogen) atoms. The van der Waals surface area contributed by atoms with E-state index in [1.807, 2.05) is 0 Å². The molecular formula is C21H15ClF3N5O3S. The van der Waals surface area contributed by atoms with Crippen LogP contribution >= 0.6 is 22.9 Å². The highest BCUT2D eigenvalue weighted by atomic mass is 35.5. The Labute approximate surface area is 199 Å². The maximum atomic E-state index is 13.0. The van der Waals surface area contributed by atoms with Crippen LogP contribution in [-0.4, -0.2) is 27.7 Å². The molecule has 0 spiro atoms. The van der Waals surface area contributed by atoms with E-state index in [1.54, 1.807) is 6.07 Å². The van der Waals surface area contributed by atoms with E-state index in [1.165, 1.54) is 18.5 Å². The number of nitrogens with one attached hydrogen (secondary N) is 3. The van der Waals surface area contributed by atoms with Crippen LogP contribution in [0.4, 0.5) is 24.7 Å². The maximum Gasteiger partial charge on any atom is 0.417 e. The van der Waals surface area contributed by atoms with Crippen molar-refractivity contribution in [1.82, 2.24) is 15.3 Å². The number of fused-ring (bicyclic) bond motifs is 1. The van der Waals surface area contributed by atoms with Crippen LogP contribution in [0.5, 0.6) is 0 Å². The zero-order valence-electron chi connectivity index (χ0n) is 17.1. The largest absolute Gasteiger partial charge is 0.417 e. The zero-order valence-corrected chi connectivity index (χ0v) is 18.7. The van der Waals surface area contributed by atoms with Gasteiger partial charge in [0.2, 0.25) is 5.91 Å². The van der Waals surface area contributed by atoms with Crippen molar-refractivity contribution >= 4 is 52.2 Å². The van der Waals surface area contributed by atoms with Crippen molar-refractivity contribution in [2.24, 2.45) is 0 Å². The molecule has 0 radical (unpaired) electrons. The molecule has 4 rings (SSSR count). The van der Waals surface area contributed by atoms with E-state index in [4.69, 9.17) is 11.6 Å². The van der Waals surface area contributed by atoms with Gasteiger partial charge in [0.25, 0.3) is 11.8 Å². The van der Waals surface area contributed by atoms with E-state index in [2.05, 4.69) is 25.9 Å². The Morgan fingerprint density at radius 2 is 1.91 bits per heavy atom. The number of nitrogens with zero attached hydrogens (tertiary/aromatic N) is 2. The normalized spacial score (nSPS) is 13.1. The van der Waals surface area contributed by atoms with Crippen LogP contribution in [0, 0.1) is 0 Å². The minimum Gasteiger partial charge on any atom is -0.346 e. The van der Waals surface area contributed by atoms with Gasteiger partial charge in [-0.25, -0.2) is 9.97 Å². The number of amides is 3. The van der Waals surface area contributed by atoms with Gasteiger partial charge in [0, 0.05) is 22.5 Å². The van der Waals surface area contributed by atoms with E-state index in [0.717, 1.165) is 23.5 Å². The van der Waals surface area contributed by atoms with Gasteiger partial charge in [-0.2, -0.15) is 13.2 Å². The minimum atomic E-state index is -4.65. The fourth-order valence-corrected chi connectivity index (χ4v) is 4.31. The fourth-order valence-electron chi connectivity index (χ4n) is 3.24. The van der Waals surface area contributed by atoms with Crippen LogP contribution in [0.15, 0.2) is 36.7 Å². The van der Waals surface area contributed by atoms with Crippen LogP contribution < -0.4 is 16.0 Å². The van der Waals surface area contributed by atoms with E-state index < -0.39 is 28.6 Å². The van der Waals surface area contributed by atoms with Gasteiger partial charge < -0.3 is 16.0 Å². The predicted molar refractivity (Wildman–Crippen MR) is 119 cm³/mol. The van der Waals surface area contributed by atoms with Crippen LogP contribution in [0.3, 0.4) is 0 Å². The third-order valence-corrected chi connectivity index (χ3v) is 6.27. The van der Waals surface area contributed by atoms with Gasteiger partial charge in [-0.3, -0.25) is 14.4 Å². The first-order chi connectivity index (χ1) is 16.1. The second-order valence-corrected chi connectivity index (χ2v) is 8.77. The number of thiophene rings is 1. The van der Waals surface area contributed by atoms with Crippen molar-refractivity contribution in [1.29, 1.82) is 0 Å². The Hall–Kier alpha value is -3.51. The molecule has 0 fully saturated rings. The monoisotopic (exact) mass is 509 g/mol. The molecule has 1 aliphatic heterocycles. The van der Waals surface area contributed by atoms with Crippen molar-refractivity contribution in [2.45, 2.75) is 25.6 Å². The van der Waals surface area contributed by atoms with Gasteiger partial charge in [0.1, 0.15) is 17.8 Å². The topological polar surface area (TPSA) is 113 Å². The molecule has 0 bridgehead atoms. The van der Waals surface area contributed by atoms with Gasteiger partial charge in [-0.15, -0.1) is 11.3 Å². The first-order valence-electron chi connectivity index (χ1n) is 9.80. The Balaban J connectivity index is 1.40. The smallest absolute Gasteiger partial charge is 0.346 e. The molecule has 3 aromatic rings. The summed E-state index contributed by atoms with van der Waals surface area (Å²) in [5, 5.41) is 7.25. The second kappa shape index (κ2) is 9.39. The summed E-state index contributed by atoms with van der Waals surface area (Å²) in [7, 11) is 0. The Morgan fingerprint density at radius 1 is 1.12 bits per heavy atom. The lowest BCUT2D eigenvalue weighted by molar-refractivity contribution is -0.137. The molecule has 3 N–H and O–H groups in total. The Bertz CT molecular complexity index is 1290. The van der Waals surface area contributed by atoms with E-state index in [9.17, 15) is 27.6 Å². The Morgan fingerprint density at radius 3 is 2.68 bits per heavy atom. The summed E-state index contributed by atoms with van der Waals surface area (Å²) in [6.45, 7) is 0.0983. The number of benzene rings is 1. The molecule has 0 unspecified atom stereocenters. The highest BCUT2D eigenvalue weighted by Gasteiger charge is 2.33. The van der Waals surface area contributed by atoms with Crippen LogP contribution in [0.25, 0.3) is 0 Å². The third kappa shape index (κ3) is 5.18. The molecule has 1 aromatic carbocycles. The molecule has 0 saturated heterocycles. The average Bonchev–Trinajstić information content (AvgIpc) is 3.26. The standard InChI is InChI=1S/C21H15ClF3N5O3S/c22-14-4-1-10(7-13(14)21(23,24)25)29-19(32)15-5-2-11(34-15)8-26-20(33)17-12-3-6-16(31)30-18(12)28-9-27-17/h1-2,4-5,7,9H,3,6,8H2,(H,26,33)(H,29,32)(H,27,28,30,31). The molecule has 0 aliphatic carbocycles. The minimum absolute atomic E-state index is 0.0504. The third-order valence-electron chi connectivity index (χ3n) is 4.86. The first kappa shape index (κ1) is 23.6. The van der Waals surface area contributed by atoms with Crippen molar-refractivity contribution < 1.29 is 27.6 Å². The number of hydrogen-bond acceptors (Lipinski definition) is 6. The van der Waals surface area contributed by atoms with Gasteiger partial charge in [0.05, 0.1) is 22.0 Å². The quantitative estimate of drug-likeness (QED) is 0.475. The average molecular weight is 510 g/mol. The molecule has 0 atom stereocenters. The van der Waals surface area contributed by atoms with Crippen molar-refractivity contribution in [3.8, 4) is 0 Å². The van der Waals surface area contributed by atoms with Crippen molar-refractivity contribution in [2.75, 3.05) is 10.6 Å². The predicted octanol–water partition coefficient (Wildman–Crippen LogP) is 4.28. The Kier molecular flexibility index (Phi) is 6.53. The summed E-state index contributed by atoms with van der Waals surface area (Å²) in [4.78, 5) is 45.5. The van der Waals surface area contributed by atoms with E-state index >= 15 is 0 Å². The lowest BCUT2D eigenvalue weighted by Gasteiger charge is -2.17. The van der Waals surface area contributed by atoms with Crippen LogP contribution in [0.2, 0.25) is 5.02 Å². The summed E-state index contributed by atoms with van der Waals surface area (Å²) < 4.78 is 39.1. The molecule has 0 saturated carbocycles. The van der Waals surface area contributed by atoms with Gasteiger partial charge in [-0.05, 0) is 36.8 Å². The van der Waals surface area contributed by atoms with Gasteiger partial charge in [-0.1, -0.05) is 11.6 Å². The molecule has 8 nitrogen and oxygen atoms in total. The summed E-state index contributed by atoms with van der Waals surface area (Å²) in [5.74, 6) is -0.939. The van der Waals surface area contributed by atoms with Crippen molar-refractivity contribution in [3.05, 3.63) is 68.3 Å². The molecule has 13 heteroatoms. The van der Waals surface area contributed by atoms with E-state index in [-0.39, 0.29) is 35.1 Å². The highest BCUT2D eigenvalue weighted by molar-refractivity contribution is 7.14. The number of halogens is 4. The number of anilines is 2. The summed E-state index contributed by atoms with van der Waals surface area (Å²) in [5.41, 5.74) is -0.395. The maximum absolute atomic E-state index is 13.0. The lowest BCUT2D eigenvalue weighted by Crippen LogP contribution is -2.28. The lowest BCUT2D eigenvalue weighted by atomic mass is 10.0. The second-order valence-electron chi connectivity index (χ2n) is 7.19. The number of aromatic nitrogens is 2. The highest BCUT2D eigenvalue weighted by Crippen LogP contribution is 2.36. The zero-order chi connectivity index (χ0) is 24.5. The number of rotatable bonds is 5.